The van der Waals surface area contributed by atoms with Crippen LogP contribution in [-0.4, -0.2) is 36.3 Å². The molecule has 0 bridgehead atoms. The number of nitrogens with zero attached hydrogens (tertiary/aromatic N) is 4. The van der Waals surface area contributed by atoms with Gasteiger partial charge in [0.1, 0.15) is 0 Å². The Morgan fingerprint density at radius 2 is 1.89 bits per heavy atom. The fraction of sp³-hybridized carbons (Fsp3) is 0.105. The van der Waals surface area contributed by atoms with Crippen LogP contribution in [0, 0.1) is 10.1 Å². The first-order chi connectivity index (χ1) is 13.4. The lowest BCUT2D eigenvalue weighted by molar-refractivity contribution is -0.384. The molecule has 28 heavy (non-hydrogen) atoms. The van der Waals surface area contributed by atoms with Crippen molar-refractivity contribution >= 4 is 46.5 Å². The molecule has 0 atom stereocenters. The Morgan fingerprint density at radius 3 is 2.57 bits per heavy atom. The van der Waals surface area contributed by atoms with Crippen molar-refractivity contribution < 1.29 is 9.72 Å². The summed E-state index contributed by atoms with van der Waals surface area (Å²) in [6.45, 7) is 0. The average Bonchev–Trinajstić information content (AvgIpc) is 3.01. The number of thioether (sulfide) groups is 1. The summed E-state index contributed by atoms with van der Waals surface area (Å²) in [6.07, 6.45) is 3.18. The molecule has 2 aromatic rings. The molecule has 0 spiro atoms. The van der Waals surface area contributed by atoms with Gasteiger partial charge in [-0.3, -0.25) is 20.2 Å². The first kappa shape index (κ1) is 19.3. The summed E-state index contributed by atoms with van der Waals surface area (Å²) in [5.41, 5.74) is 2.50. The lowest BCUT2D eigenvalue weighted by Gasteiger charge is -2.11. The van der Waals surface area contributed by atoms with Crippen LogP contribution in [0.1, 0.15) is 11.1 Å². The normalized spacial score (nSPS) is 16.7. The van der Waals surface area contributed by atoms with Crippen molar-refractivity contribution in [2.24, 2.45) is 10.2 Å². The highest BCUT2D eigenvalue weighted by molar-refractivity contribution is 8.18. The Morgan fingerprint density at radius 1 is 1.14 bits per heavy atom. The van der Waals surface area contributed by atoms with Crippen LogP contribution in [0.5, 0.6) is 0 Å². The molecule has 1 heterocycles. The van der Waals surface area contributed by atoms with E-state index in [-0.39, 0.29) is 11.6 Å². The van der Waals surface area contributed by atoms with E-state index < -0.39 is 4.92 Å². The summed E-state index contributed by atoms with van der Waals surface area (Å²) in [5, 5.41) is 21.9. The zero-order valence-electron chi connectivity index (χ0n) is 15.2. The predicted molar refractivity (Wildman–Crippen MR) is 113 cm³/mol. The number of nitro groups is 1. The minimum atomic E-state index is -0.476. The SMILES string of the molecule is CN(C)c1ccc(C=NN=C2NC(=O)/C(=C/c3cccc([N+](=O)[O-])c3)S2)cc1. The Bertz CT molecular complexity index is 997. The van der Waals surface area contributed by atoms with Crippen LogP contribution in [0.2, 0.25) is 0 Å². The van der Waals surface area contributed by atoms with Gasteiger partial charge in [0.2, 0.25) is 0 Å². The first-order valence-corrected chi connectivity index (χ1v) is 9.08. The monoisotopic (exact) mass is 395 g/mol. The zero-order chi connectivity index (χ0) is 20.1. The van der Waals surface area contributed by atoms with Crippen LogP contribution < -0.4 is 10.2 Å². The molecule has 1 fully saturated rings. The lowest BCUT2D eigenvalue weighted by atomic mass is 10.2. The molecule has 0 aliphatic carbocycles. The van der Waals surface area contributed by atoms with Crippen LogP contribution in [0.4, 0.5) is 11.4 Å². The van der Waals surface area contributed by atoms with E-state index in [1.54, 1.807) is 24.4 Å². The number of amidine groups is 1. The van der Waals surface area contributed by atoms with Gasteiger partial charge in [-0.15, -0.1) is 5.10 Å². The average molecular weight is 395 g/mol. The van der Waals surface area contributed by atoms with Crippen molar-refractivity contribution in [2.75, 3.05) is 19.0 Å². The van der Waals surface area contributed by atoms with Gasteiger partial charge in [-0.1, -0.05) is 24.3 Å². The molecule has 142 valence electrons. The topological polar surface area (TPSA) is 100 Å². The highest BCUT2D eigenvalue weighted by atomic mass is 32.2. The van der Waals surface area contributed by atoms with E-state index in [0.717, 1.165) is 23.0 Å². The van der Waals surface area contributed by atoms with E-state index >= 15 is 0 Å². The summed E-state index contributed by atoms with van der Waals surface area (Å²) in [5.74, 6) is -0.319. The van der Waals surface area contributed by atoms with Gasteiger partial charge in [-0.2, -0.15) is 5.10 Å². The third-order valence-electron chi connectivity index (χ3n) is 3.79. The van der Waals surface area contributed by atoms with E-state index in [9.17, 15) is 14.9 Å². The molecular weight excluding hydrogens is 378 g/mol. The number of non-ortho nitro benzene ring substituents is 1. The molecule has 1 amide bonds. The van der Waals surface area contributed by atoms with Crippen molar-refractivity contribution in [3.8, 4) is 0 Å². The maximum Gasteiger partial charge on any atom is 0.270 e. The van der Waals surface area contributed by atoms with Crippen molar-refractivity contribution in [3.63, 3.8) is 0 Å². The van der Waals surface area contributed by atoms with E-state index in [1.165, 1.54) is 12.1 Å². The molecule has 1 aliphatic heterocycles. The first-order valence-electron chi connectivity index (χ1n) is 8.26. The summed E-state index contributed by atoms with van der Waals surface area (Å²) < 4.78 is 0. The second-order valence-electron chi connectivity index (χ2n) is 6.05. The van der Waals surface area contributed by atoms with Crippen molar-refractivity contribution in [2.45, 2.75) is 0 Å². The number of amides is 1. The number of rotatable bonds is 5. The van der Waals surface area contributed by atoms with E-state index in [4.69, 9.17) is 0 Å². The standard InChI is InChI=1S/C19H17N5O3S/c1-23(2)15-8-6-13(7-9-15)12-20-22-19-21-18(25)17(28-19)11-14-4-3-5-16(10-14)24(26)27/h3-12H,1-2H3,(H,21,22,25)/b17-11-,20-12?. The van der Waals surface area contributed by atoms with Crippen LogP contribution in [-0.2, 0) is 4.79 Å². The van der Waals surface area contributed by atoms with Crippen molar-refractivity contribution in [1.82, 2.24) is 5.32 Å². The van der Waals surface area contributed by atoms with Gasteiger partial charge in [0, 0.05) is 31.9 Å². The fourth-order valence-corrected chi connectivity index (χ4v) is 3.14. The number of hydrogen-bond donors (Lipinski definition) is 1. The Labute approximate surface area is 165 Å². The highest BCUT2D eigenvalue weighted by Crippen LogP contribution is 2.27. The highest BCUT2D eigenvalue weighted by Gasteiger charge is 2.24. The minimum Gasteiger partial charge on any atom is -0.378 e. The number of hydrogen-bond acceptors (Lipinski definition) is 7. The van der Waals surface area contributed by atoms with E-state index in [1.807, 2.05) is 43.3 Å². The smallest absolute Gasteiger partial charge is 0.270 e. The quantitative estimate of drug-likeness (QED) is 0.362. The molecule has 1 aliphatic rings. The number of benzene rings is 2. The number of nitrogens with one attached hydrogen (secondary N) is 1. The van der Waals surface area contributed by atoms with Gasteiger partial charge in [0.05, 0.1) is 16.0 Å². The van der Waals surface area contributed by atoms with E-state index in [2.05, 4.69) is 15.5 Å². The third-order valence-corrected chi connectivity index (χ3v) is 4.69. The lowest BCUT2D eigenvalue weighted by Crippen LogP contribution is -2.19. The molecule has 9 heteroatoms. The molecule has 0 saturated carbocycles. The van der Waals surface area contributed by atoms with Gasteiger partial charge in [-0.25, -0.2) is 0 Å². The molecule has 1 saturated heterocycles. The minimum absolute atomic E-state index is 0.0310. The number of anilines is 1. The van der Waals surface area contributed by atoms with Gasteiger partial charge in [0.25, 0.3) is 11.6 Å². The van der Waals surface area contributed by atoms with Crippen LogP contribution in [0.15, 0.2) is 63.6 Å². The van der Waals surface area contributed by atoms with Gasteiger partial charge in [0.15, 0.2) is 5.17 Å². The molecule has 2 aromatic carbocycles. The van der Waals surface area contributed by atoms with Crippen molar-refractivity contribution in [3.05, 3.63) is 74.7 Å². The zero-order valence-corrected chi connectivity index (χ0v) is 16.0. The molecular formula is C19H17N5O3S. The summed E-state index contributed by atoms with van der Waals surface area (Å²) in [6, 6.07) is 13.9. The second-order valence-corrected chi connectivity index (χ2v) is 7.08. The molecule has 0 aromatic heterocycles. The van der Waals surface area contributed by atoms with Gasteiger partial charge < -0.3 is 4.90 Å². The van der Waals surface area contributed by atoms with Crippen LogP contribution in [0.3, 0.4) is 0 Å². The maximum atomic E-state index is 12.1. The molecule has 8 nitrogen and oxygen atoms in total. The summed E-state index contributed by atoms with van der Waals surface area (Å²) in [7, 11) is 3.93. The Balaban J connectivity index is 1.69. The van der Waals surface area contributed by atoms with Crippen LogP contribution >= 0.6 is 11.8 Å². The third kappa shape index (κ3) is 4.83. The molecule has 0 unspecified atom stereocenters. The Hall–Kier alpha value is -3.46. The number of carbonyl (C=O) groups is 1. The Kier molecular flexibility index (Phi) is 5.85. The predicted octanol–water partition coefficient (Wildman–Crippen LogP) is 3.25. The largest absolute Gasteiger partial charge is 0.378 e. The molecule has 3 rings (SSSR count). The van der Waals surface area contributed by atoms with Crippen molar-refractivity contribution in [1.29, 1.82) is 0 Å². The molecule has 0 radical (unpaired) electrons. The maximum absolute atomic E-state index is 12.1. The summed E-state index contributed by atoms with van der Waals surface area (Å²) >= 11 is 1.13. The van der Waals surface area contributed by atoms with E-state index in [0.29, 0.717) is 15.6 Å². The van der Waals surface area contributed by atoms with Gasteiger partial charge >= 0.3 is 0 Å². The second kappa shape index (κ2) is 8.49. The van der Waals surface area contributed by atoms with Gasteiger partial charge in [-0.05, 0) is 41.1 Å². The van der Waals surface area contributed by atoms with Crippen LogP contribution in [0.25, 0.3) is 6.08 Å². The molecule has 1 N–H and O–H groups in total. The summed E-state index contributed by atoms with van der Waals surface area (Å²) in [4.78, 5) is 24.8. The number of nitro benzene ring substituents is 1. The number of carbonyl (C=O) groups excluding carboxylic acids is 1. The fourth-order valence-electron chi connectivity index (χ4n) is 2.36.